The molecule has 0 unspecified atom stereocenters. The van der Waals surface area contributed by atoms with Crippen LogP contribution in [0.3, 0.4) is 0 Å². The minimum Gasteiger partial charge on any atom is -0.459 e. The van der Waals surface area contributed by atoms with Gasteiger partial charge in [-0.15, -0.1) is 10.2 Å². The molecule has 4 rings (SSSR count). The first-order valence-electron chi connectivity index (χ1n) is 8.75. The van der Waals surface area contributed by atoms with Crippen molar-refractivity contribution in [2.75, 3.05) is 26.2 Å². The number of amides is 2. The lowest BCUT2D eigenvalue weighted by atomic mass is 10.2. The van der Waals surface area contributed by atoms with Crippen LogP contribution in [0.25, 0.3) is 11.4 Å². The third-order valence-corrected chi connectivity index (χ3v) is 4.83. The first-order valence-corrected chi connectivity index (χ1v) is 9.13. The van der Waals surface area contributed by atoms with Crippen molar-refractivity contribution in [2.24, 2.45) is 0 Å². The van der Waals surface area contributed by atoms with Crippen LogP contribution in [0.4, 0.5) is 0 Å². The maximum atomic E-state index is 12.5. The van der Waals surface area contributed by atoms with Gasteiger partial charge in [-0.05, 0) is 29.5 Å². The molecule has 1 saturated heterocycles. The molecule has 28 heavy (non-hydrogen) atoms. The fourth-order valence-electron chi connectivity index (χ4n) is 3.00. The second-order valence-electron chi connectivity index (χ2n) is 6.27. The highest BCUT2D eigenvalue weighted by atomic mass is 35.5. The summed E-state index contributed by atoms with van der Waals surface area (Å²) in [6, 6.07) is 10.5. The number of nitrogens with zero attached hydrogens (tertiary/aromatic N) is 6. The Morgan fingerprint density at radius 3 is 2.50 bits per heavy atom. The average molecular weight is 401 g/mol. The Hall–Kier alpha value is -3.20. The number of carbonyl (C=O) groups excluding carboxylic acids is 2. The predicted octanol–water partition coefficient (Wildman–Crippen LogP) is 1.57. The summed E-state index contributed by atoms with van der Waals surface area (Å²) in [5, 5.41) is 12.7. The van der Waals surface area contributed by atoms with Crippen LogP contribution in [-0.4, -0.2) is 68.0 Å². The van der Waals surface area contributed by atoms with Gasteiger partial charge in [-0.3, -0.25) is 9.59 Å². The lowest BCUT2D eigenvalue weighted by molar-refractivity contribution is -0.133. The monoisotopic (exact) mass is 400 g/mol. The van der Waals surface area contributed by atoms with Gasteiger partial charge in [0.05, 0.1) is 11.3 Å². The van der Waals surface area contributed by atoms with Crippen molar-refractivity contribution in [3.05, 3.63) is 53.4 Å². The molecule has 10 heteroatoms. The summed E-state index contributed by atoms with van der Waals surface area (Å²) in [5.41, 5.74) is 0.660. The summed E-state index contributed by atoms with van der Waals surface area (Å²) in [6.07, 6.45) is 1.47. The first-order chi connectivity index (χ1) is 13.6. The molecule has 1 aliphatic rings. The molecule has 144 valence electrons. The van der Waals surface area contributed by atoms with Gasteiger partial charge in [0.1, 0.15) is 6.54 Å². The van der Waals surface area contributed by atoms with E-state index in [1.54, 1.807) is 34.1 Å². The molecule has 1 aromatic carbocycles. The summed E-state index contributed by atoms with van der Waals surface area (Å²) < 4.78 is 5.14. The van der Waals surface area contributed by atoms with Crippen molar-refractivity contribution in [3.63, 3.8) is 0 Å². The van der Waals surface area contributed by atoms with Crippen molar-refractivity contribution < 1.29 is 14.0 Å². The number of tetrazole rings is 1. The Bertz CT molecular complexity index is 979. The lowest BCUT2D eigenvalue weighted by Crippen LogP contribution is -2.51. The number of piperazine rings is 1. The van der Waals surface area contributed by atoms with Gasteiger partial charge >= 0.3 is 0 Å². The smallest absolute Gasteiger partial charge is 0.289 e. The number of hydrogen-bond acceptors (Lipinski definition) is 6. The number of furan rings is 1. The van der Waals surface area contributed by atoms with Crippen molar-refractivity contribution in [2.45, 2.75) is 6.54 Å². The molecule has 0 spiro atoms. The summed E-state index contributed by atoms with van der Waals surface area (Å²) in [7, 11) is 0. The number of aromatic nitrogens is 4. The molecule has 3 aromatic rings. The van der Waals surface area contributed by atoms with E-state index in [0.717, 1.165) is 0 Å². The molecule has 0 saturated carbocycles. The minimum absolute atomic E-state index is 0.0242. The maximum absolute atomic E-state index is 12.5. The number of halogens is 1. The van der Waals surface area contributed by atoms with Crippen LogP contribution in [0.5, 0.6) is 0 Å². The zero-order valence-electron chi connectivity index (χ0n) is 14.9. The molecule has 0 N–H and O–H groups in total. The largest absolute Gasteiger partial charge is 0.459 e. The third kappa shape index (κ3) is 3.74. The van der Waals surface area contributed by atoms with Gasteiger partial charge in [0.15, 0.2) is 5.76 Å². The fraction of sp³-hybridized carbons (Fsp3) is 0.278. The highest BCUT2D eigenvalue weighted by Crippen LogP contribution is 2.23. The van der Waals surface area contributed by atoms with Crippen LogP contribution in [0.2, 0.25) is 5.02 Å². The van der Waals surface area contributed by atoms with Crippen LogP contribution in [0.15, 0.2) is 47.1 Å². The van der Waals surface area contributed by atoms with E-state index in [-0.39, 0.29) is 18.4 Å². The number of hydrogen-bond donors (Lipinski definition) is 0. The average Bonchev–Trinajstić information content (AvgIpc) is 3.40. The van der Waals surface area contributed by atoms with E-state index in [2.05, 4.69) is 15.4 Å². The van der Waals surface area contributed by atoms with Crippen LogP contribution < -0.4 is 0 Å². The van der Waals surface area contributed by atoms with Gasteiger partial charge in [0.25, 0.3) is 5.91 Å². The summed E-state index contributed by atoms with van der Waals surface area (Å²) in [4.78, 5) is 29.4. The molecule has 1 fully saturated rings. The Kier molecular flexibility index (Phi) is 5.07. The highest BCUT2D eigenvalue weighted by molar-refractivity contribution is 6.33. The predicted molar refractivity (Wildman–Crippen MR) is 99.5 cm³/mol. The van der Waals surface area contributed by atoms with E-state index in [9.17, 15) is 9.59 Å². The van der Waals surface area contributed by atoms with E-state index >= 15 is 0 Å². The molecule has 0 aliphatic carbocycles. The topological polar surface area (TPSA) is 97.4 Å². The van der Waals surface area contributed by atoms with E-state index in [4.69, 9.17) is 16.0 Å². The van der Waals surface area contributed by atoms with E-state index in [1.807, 2.05) is 12.1 Å². The number of rotatable bonds is 4. The van der Waals surface area contributed by atoms with Crippen molar-refractivity contribution in [1.29, 1.82) is 0 Å². The highest BCUT2D eigenvalue weighted by Gasteiger charge is 2.26. The SMILES string of the molecule is O=C(Cn1nnc(-c2ccccc2Cl)n1)N1CCN(C(=O)c2ccco2)CC1. The Morgan fingerprint density at radius 1 is 1.04 bits per heavy atom. The zero-order valence-corrected chi connectivity index (χ0v) is 15.6. The van der Waals surface area contributed by atoms with E-state index in [0.29, 0.717) is 48.3 Å². The zero-order chi connectivity index (χ0) is 19.5. The van der Waals surface area contributed by atoms with Gasteiger partial charge in [-0.1, -0.05) is 23.7 Å². The molecule has 2 aromatic heterocycles. The molecule has 0 bridgehead atoms. The van der Waals surface area contributed by atoms with Gasteiger partial charge in [-0.2, -0.15) is 4.80 Å². The van der Waals surface area contributed by atoms with E-state index in [1.165, 1.54) is 11.1 Å². The van der Waals surface area contributed by atoms with Crippen LogP contribution in [0.1, 0.15) is 10.6 Å². The molecule has 2 amide bonds. The molecule has 3 heterocycles. The lowest BCUT2D eigenvalue weighted by Gasteiger charge is -2.34. The summed E-state index contributed by atoms with van der Waals surface area (Å²) in [6.45, 7) is 1.75. The van der Waals surface area contributed by atoms with Gasteiger partial charge in [0, 0.05) is 31.7 Å². The van der Waals surface area contributed by atoms with E-state index < -0.39 is 0 Å². The molecule has 1 aliphatic heterocycles. The second kappa shape index (κ2) is 7.81. The third-order valence-electron chi connectivity index (χ3n) is 4.50. The van der Waals surface area contributed by atoms with Crippen molar-refractivity contribution >= 4 is 23.4 Å². The van der Waals surface area contributed by atoms with Crippen LogP contribution in [0, 0.1) is 0 Å². The van der Waals surface area contributed by atoms with Crippen LogP contribution >= 0.6 is 11.6 Å². The van der Waals surface area contributed by atoms with Crippen molar-refractivity contribution in [3.8, 4) is 11.4 Å². The van der Waals surface area contributed by atoms with Crippen LogP contribution in [-0.2, 0) is 11.3 Å². The molecule has 9 nitrogen and oxygen atoms in total. The molecular weight excluding hydrogens is 384 g/mol. The second-order valence-corrected chi connectivity index (χ2v) is 6.68. The maximum Gasteiger partial charge on any atom is 0.289 e. The summed E-state index contributed by atoms with van der Waals surface area (Å²) >= 11 is 6.14. The van der Waals surface area contributed by atoms with Gasteiger partial charge < -0.3 is 14.2 Å². The quantitative estimate of drug-likeness (QED) is 0.659. The Balaban J connectivity index is 1.34. The van der Waals surface area contributed by atoms with Gasteiger partial charge in [0.2, 0.25) is 11.7 Å². The van der Waals surface area contributed by atoms with Crippen molar-refractivity contribution in [1.82, 2.24) is 30.0 Å². The van der Waals surface area contributed by atoms with Gasteiger partial charge in [-0.25, -0.2) is 0 Å². The standard InChI is InChI=1S/C18H17ClN6O3/c19-14-5-2-1-4-13(14)17-20-22-25(21-17)12-16(26)23-7-9-24(10-8-23)18(27)15-6-3-11-28-15/h1-6,11H,7-10,12H2. The Morgan fingerprint density at radius 2 is 1.79 bits per heavy atom. The Labute approximate surface area is 165 Å². The number of carbonyl (C=O) groups is 2. The first kappa shape index (κ1) is 18.2. The minimum atomic E-state index is -0.167. The molecule has 0 radical (unpaired) electrons. The fourth-order valence-corrected chi connectivity index (χ4v) is 3.22. The summed E-state index contributed by atoms with van der Waals surface area (Å²) in [5.74, 6) is 0.374. The normalized spacial score (nSPS) is 14.3. The number of benzene rings is 1. The molecular formula is C18H17ClN6O3. The molecule has 0 atom stereocenters.